The van der Waals surface area contributed by atoms with Gasteiger partial charge < -0.3 is 9.47 Å². The Morgan fingerprint density at radius 1 is 1.10 bits per heavy atom. The highest BCUT2D eigenvalue weighted by Crippen LogP contribution is 2.36. The zero-order valence-corrected chi connectivity index (χ0v) is 17.4. The van der Waals surface area contributed by atoms with Crippen LogP contribution in [0.4, 0.5) is 16.2 Å². The van der Waals surface area contributed by atoms with Crippen LogP contribution in [0.3, 0.4) is 0 Å². The fraction of sp³-hybridized carbons (Fsp3) is 0.150. The van der Waals surface area contributed by atoms with Crippen LogP contribution in [-0.2, 0) is 9.59 Å². The smallest absolute Gasteiger partial charge is 0.335 e. The lowest BCUT2D eigenvalue weighted by atomic mass is 10.0. The van der Waals surface area contributed by atoms with Gasteiger partial charge in [-0.3, -0.25) is 25.0 Å². The third-order valence-corrected chi connectivity index (χ3v) is 4.95. The van der Waals surface area contributed by atoms with Crippen molar-refractivity contribution in [3.63, 3.8) is 0 Å². The average molecular weight is 446 g/mol. The van der Waals surface area contributed by atoms with Gasteiger partial charge in [-0.05, 0) is 36.8 Å². The molecule has 1 N–H and O–H groups in total. The Morgan fingerprint density at radius 3 is 2.32 bits per heavy atom. The third kappa shape index (κ3) is 4.05. The molecular formula is C20H16ClN3O7. The first-order chi connectivity index (χ1) is 14.7. The number of nitrogens with zero attached hydrogens (tertiary/aromatic N) is 2. The molecule has 0 aliphatic carbocycles. The van der Waals surface area contributed by atoms with Gasteiger partial charge >= 0.3 is 6.03 Å². The van der Waals surface area contributed by atoms with Crippen LogP contribution in [0, 0.1) is 17.0 Å². The van der Waals surface area contributed by atoms with Gasteiger partial charge in [-0.25, -0.2) is 9.69 Å². The Bertz CT molecular complexity index is 1160. The normalized spacial score (nSPS) is 15.2. The molecule has 0 radical (unpaired) electrons. The highest BCUT2D eigenvalue weighted by atomic mass is 35.5. The van der Waals surface area contributed by atoms with E-state index >= 15 is 0 Å². The van der Waals surface area contributed by atoms with Crippen LogP contribution in [0.2, 0.25) is 5.02 Å². The molecule has 0 saturated carbocycles. The van der Waals surface area contributed by atoms with Crippen LogP contribution in [0.5, 0.6) is 11.5 Å². The number of imide groups is 2. The number of nitro groups is 1. The molecule has 2 aromatic rings. The second-order valence-electron chi connectivity index (χ2n) is 6.41. The minimum absolute atomic E-state index is 0.0858. The molecule has 2 aromatic carbocycles. The molecule has 1 saturated heterocycles. The van der Waals surface area contributed by atoms with E-state index < -0.39 is 34.0 Å². The largest absolute Gasteiger partial charge is 0.493 e. The first kappa shape index (κ1) is 21.8. The standard InChI is InChI=1S/C20H16ClN3O7/c1-10-4-5-12(8-14(10)21)23-19(26)13(18(25)22-20(23)27)6-11-7-16(30-2)17(31-3)9-15(11)24(28)29/h4-9H,1-3H3,(H,22,25,27). The second-order valence-corrected chi connectivity index (χ2v) is 6.82. The molecule has 1 aliphatic rings. The predicted octanol–water partition coefficient (Wildman–Crippen LogP) is 3.24. The zero-order chi connectivity index (χ0) is 22.9. The van der Waals surface area contributed by atoms with E-state index in [-0.39, 0.29) is 22.7 Å². The first-order valence-electron chi connectivity index (χ1n) is 8.76. The van der Waals surface area contributed by atoms with E-state index in [9.17, 15) is 24.5 Å². The van der Waals surface area contributed by atoms with Crippen LogP contribution in [-0.4, -0.2) is 37.0 Å². The lowest BCUT2D eigenvalue weighted by Crippen LogP contribution is -2.54. The molecule has 0 unspecified atom stereocenters. The molecule has 10 nitrogen and oxygen atoms in total. The topological polar surface area (TPSA) is 128 Å². The van der Waals surface area contributed by atoms with Gasteiger partial charge in [0.25, 0.3) is 17.5 Å². The van der Waals surface area contributed by atoms with Crippen LogP contribution in [0.15, 0.2) is 35.9 Å². The number of barbiturate groups is 1. The summed E-state index contributed by atoms with van der Waals surface area (Å²) in [7, 11) is 2.65. The Morgan fingerprint density at radius 2 is 1.74 bits per heavy atom. The van der Waals surface area contributed by atoms with Crippen LogP contribution in [0.25, 0.3) is 6.08 Å². The highest BCUT2D eigenvalue weighted by Gasteiger charge is 2.37. The van der Waals surface area contributed by atoms with Gasteiger partial charge in [0.1, 0.15) is 5.57 Å². The fourth-order valence-corrected chi connectivity index (χ4v) is 3.10. The van der Waals surface area contributed by atoms with Gasteiger partial charge in [-0.2, -0.15) is 0 Å². The van der Waals surface area contributed by atoms with Crippen molar-refractivity contribution in [3.8, 4) is 11.5 Å². The van der Waals surface area contributed by atoms with E-state index in [1.54, 1.807) is 13.0 Å². The van der Waals surface area contributed by atoms with Crippen molar-refractivity contribution in [2.75, 3.05) is 19.1 Å². The minimum atomic E-state index is -0.992. The molecule has 3 rings (SSSR count). The third-order valence-electron chi connectivity index (χ3n) is 4.54. The lowest BCUT2D eigenvalue weighted by molar-refractivity contribution is -0.385. The van der Waals surface area contributed by atoms with E-state index in [0.717, 1.165) is 22.6 Å². The molecule has 31 heavy (non-hydrogen) atoms. The van der Waals surface area contributed by atoms with Gasteiger partial charge in [-0.1, -0.05) is 17.7 Å². The Balaban J connectivity index is 2.14. The fourth-order valence-electron chi connectivity index (χ4n) is 2.93. The molecule has 1 aliphatic heterocycles. The van der Waals surface area contributed by atoms with Crippen molar-refractivity contribution in [3.05, 3.63) is 62.2 Å². The number of urea groups is 1. The van der Waals surface area contributed by atoms with Crippen molar-refractivity contribution < 1.29 is 28.8 Å². The summed E-state index contributed by atoms with van der Waals surface area (Å²) < 4.78 is 10.2. The maximum atomic E-state index is 13.0. The van der Waals surface area contributed by atoms with Crippen LogP contribution in [0.1, 0.15) is 11.1 Å². The molecule has 4 amide bonds. The monoisotopic (exact) mass is 445 g/mol. The van der Waals surface area contributed by atoms with Crippen molar-refractivity contribution in [2.24, 2.45) is 0 Å². The number of nitrogens with one attached hydrogen (secondary N) is 1. The number of carbonyl (C=O) groups excluding carboxylic acids is 3. The number of benzene rings is 2. The van der Waals surface area contributed by atoms with Crippen LogP contribution < -0.4 is 19.7 Å². The van der Waals surface area contributed by atoms with Gasteiger partial charge in [0.15, 0.2) is 11.5 Å². The summed E-state index contributed by atoms with van der Waals surface area (Å²) in [5, 5.41) is 13.9. The van der Waals surface area contributed by atoms with Gasteiger partial charge in [0.05, 0.1) is 36.5 Å². The number of aryl methyl sites for hydroxylation is 1. The Labute approximate surface area is 181 Å². The van der Waals surface area contributed by atoms with E-state index in [4.69, 9.17) is 21.1 Å². The molecule has 160 valence electrons. The number of ether oxygens (including phenoxy) is 2. The summed E-state index contributed by atoms with van der Waals surface area (Å²) in [5.74, 6) is -1.70. The minimum Gasteiger partial charge on any atom is -0.493 e. The van der Waals surface area contributed by atoms with Gasteiger partial charge in [-0.15, -0.1) is 0 Å². The number of hydrogen-bond acceptors (Lipinski definition) is 7. The summed E-state index contributed by atoms with van der Waals surface area (Å²) in [6, 6.07) is 5.91. The molecule has 0 atom stereocenters. The molecule has 0 bridgehead atoms. The summed E-state index contributed by atoms with van der Waals surface area (Å²) in [5.41, 5.74) is -0.127. The molecule has 0 spiro atoms. The maximum absolute atomic E-state index is 13.0. The van der Waals surface area contributed by atoms with Crippen LogP contribution >= 0.6 is 11.6 Å². The number of anilines is 1. The zero-order valence-electron chi connectivity index (χ0n) is 16.6. The number of hydrogen-bond donors (Lipinski definition) is 1. The Hall–Kier alpha value is -3.92. The van der Waals surface area contributed by atoms with Crippen molar-refractivity contribution in [1.29, 1.82) is 0 Å². The maximum Gasteiger partial charge on any atom is 0.335 e. The SMILES string of the molecule is COc1cc(C=C2C(=O)NC(=O)N(c3ccc(C)c(Cl)c3)C2=O)c([N+](=O)[O-])cc1OC. The number of methoxy groups -OCH3 is 2. The molecule has 11 heteroatoms. The number of rotatable bonds is 5. The van der Waals surface area contributed by atoms with E-state index in [2.05, 4.69) is 5.32 Å². The van der Waals surface area contributed by atoms with Crippen molar-refractivity contribution in [2.45, 2.75) is 6.92 Å². The van der Waals surface area contributed by atoms with E-state index in [1.807, 2.05) is 0 Å². The molecular weight excluding hydrogens is 430 g/mol. The van der Waals surface area contributed by atoms with Crippen molar-refractivity contribution in [1.82, 2.24) is 5.32 Å². The Kier molecular flexibility index (Phi) is 5.93. The van der Waals surface area contributed by atoms with Gasteiger partial charge in [0, 0.05) is 5.02 Å². The number of amides is 4. The van der Waals surface area contributed by atoms with Crippen molar-refractivity contribution >= 4 is 46.9 Å². The molecule has 1 fully saturated rings. The summed E-state index contributed by atoms with van der Waals surface area (Å²) in [6.07, 6.45) is 1.02. The number of carbonyl (C=O) groups is 3. The molecule has 0 aromatic heterocycles. The first-order valence-corrected chi connectivity index (χ1v) is 9.13. The summed E-state index contributed by atoms with van der Waals surface area (Å²) in [4.78, 5) is 49.3. The average Bonchev–Trinajstić information content (AvgIpc) is 2.72. The summed E-state index contributed by atoms with van der Waals surface area (Å²) in [6.45, 7) is 1.75. The summed E-state index contributed by atoms with van der Waals surface area (Å²) >= 11 is 6.09. The quantitative estimate of drug-likeness (QED) is 0.324. The lowest BCUT2D eigenvalue weighted by Gasteiger charge is -2.26. The predicted molar refractivity (Wildman–Crippen MR) is 111 cm³/mol. The van der Waals surface area contributed by atoms with E-state index in [0.29, 0.717) is 5.02 Å². The van der Waals surface area contributed by atoms with Gasteiger partial charge in [0.2, 0.25) is 0 Å². The number of nitro benzene ring substituents is 1. The second kappa shape index (κ2) is 8.44. The number of halogens is 1. The molecule has 1 heterocycles. The highest BCUT2D eigenvalue weighted by molar-refractivity contribution is 6.39. The van der Waals surface area contributed by atoms with E-state index in [1.165, 1.54) is 32.4 Å².